The summed E-state index contributed by atoms with van der Waals surface area (Å²) in [6.45, 7) is 15.9. The van der Waals surface area contributed by atoms with E-state index in [0.29, 0.717) is 32.5 Å². The Morgan fingerprint density at radius 2 is 1.76 bits per heavy atom. The zero-order valence-electron chi connectivity index (χ0n) is 29.1. The maximum absolute atomic E-state index is 14.1. The van der Waals surface area contributed by atoms with E-state index in [1.807, 2.05) is 61.5 Å². The molecule has 3 rings (SSSR count). The van der Waals surface area contributed by atoms with E-state index >= 15 is 0 Å². The van der Waals surface area contributed by atoms with Crippen molar-refractivity contribution in [1.29, 1.82) is 0 Å². The van der Waals surface area contributed by atoms with Gasteiger partial charge in [0.25, 0.3) is 0 Å². The van der Waals surface area contributed by atoms with Gasteiger partial charge in [0.1, 0.15) is 12.4 Å². The van der Waals surface area contributed by atoms with Gasteiger partial charge in [-0.3, -0.25) is 4.79 Å². The highest BCUT2D eigenvalue weighted by Gasteiger charge is 2.44. The number of allylic oxidation sites excluding steroid dienone is 1. The van der Waals surface area contributed by atoms with Crippen LogP contribution in [0.25, 0.3) is 0 Å². The lowest BCUT2D eigenvalue weighted by Gasteiger charge is -2.41. The van der Waals surface area contributed by atoms with Crippen molar-refractivity contribution >= 4 is 20.3 Å². The molecule has 9 heteroatoms. The van der Waals surface area contributed by atoms with Crippen LogP contribution in [-0.4, -0.2) is 68.9 Å². The van der Waals surface area contributed by atoms with Crippen LogP contribution in [0.5, 0.6) is 5.75 Å². The van der Waals surface area contributed by atoms with E-state index in [1.54, 1.807) is 7.11 Å². The molecule has 1 saturated heterocycles. The number of imide groups is 1. The van der Waals surface area contributed by atoms with Gasteiger partial charge in [0.15, 0.2) is 8.32 Å². The van der Waals surface area contributed by atoms with Gasteiger partial charge in [-0.25, -0.2) is 9.69 Å². The number of aliphatic hydroxyl groups excluding tert-OH is 1. The topological polar surface area (TPSA) is 94.5 Å². The lowest BCUT2D eigenvalue weighted by Crippen LogP contribution is -2.49. The van der Waals surface area contributed by atoms with Crippen LogP contribution in [0.15, 0.2) is 66.2 Å². The Morgan fingerprint density at radius 3 is 2.35 bits per heavy atom. The highest BCUT2D eigenvalue weighted by atomic mass is 28.4. The molecule has 0 unspecified atom stereocenters. The Balaban J connectivity index is 1.84. The van der Waals surface area contributed by atoms with Gasteiger partial charge in [-0.1, -0.05) is 89.6 Å². The molecule has 1 aliphatic heterocycles. The summed E-state index contributed by atoms with van der Waals surface area (Å²) in [4.78, 5) is 28.2. The fourth-order valence-electron chi connectivity index (χ4n) is 5.48. The molecule has 0 spiro atoms. The number of amides is 2. The number of benzene rings is 2. The van der Waals surface area contributed by atoms with Crippen LogP contribution in [0.3, 0.4) is 0 Å². The second-order valence-electron chi connectivity index (χ2n) is 13.7. The van der Waals surface area contributed by atoms with Gasteiger partial charge in [0, 0.05) is 6.42 Å². The van der Waals surface area contributed by atoms with Crippen molar-refractivity contribution in [1.82, 2.24) is 4.90 Å². The molecule has 0 saturated carbocycles. The quantitative estimate of drug-likeness (QED) is 0.138. The molecule has 2 amide bonds. The second kappa shape index (κ2) is 17.2. The number of carbonyl (C=O) groups is 2. The molecule has 1 fully saturated rings. The summed E-state index contributed by atoms with van der Waals surface area (Å²) >= 11 is 0. The van der Waals surface area contributed by atoms with E-state index in [-0.39, 0.29) is 24.0 Å². The number of carbonyl (C=O) groups excluding carboxylic acids is 2. The summed E-state index contributed by atoms with van der Waals surface area (Å²) in [5.74, 6) is -0.375. The summed E-state index contributed by atoms with van der Waals surface area (Å²) < 4.78 is 23.8. The van der Waals surface area contributed by atoms with Gasteiger partial charge in [-0.2, -0.15) is 0 Å². The van der Waals surface area contributed by atoms with Crippen molar-refractivity contribution in [2.24, 2.45) is 5.92 Å². The maximum atomic E-state index is 14.1. The molecule has 1 aliphatic rings. The van der Waals surface area contributed by atoms with Crippen LogP contribution in [-0.2, 0) is 31.7 Å². The molecular formula is C37H55NO7Si. The zero-order chi connectivity index (χ0) is 33.9. The summed E-state index contributed by atoms with van der Waals surface area (Å²) in [5, 5.41) is 11.8. The van der Waals surface area contributed by atoms with E-state index in [4.69, 9.17) is 18.6 Å². The number of aliphatic hydroxyl groups is 1. The summed E-state index contributed by atoms with van der Waals surface area (Å²) in [5.41, 5.74) is 2.99. The van der Waals surface area contributed by atoms with E-state index < -0.39 is 38.6 Å². The van der Waals surface area contributed by atoms with Crippen LogP contribution >= 0.6 is 0 Å². The molecule has 8 nitrogen and oxygen atoms in total. The number of methoxy groups -OCH3 is 1. The van der Waals surface area contributed by atoms with Gasteiger partial charge in [0.05, 0.1) is 44.5 Å². The molecule has 1 N–H and O–H groups in total. The fourth-order valence-corrected chi connectivity index (χ4v) is 6.79. The van der Waals surface area contributed by atoms with Crippen LogP contribution < -0.4 is 4.74 Å². The summed E-state index contributed by atoms with van der Waals surface area (Å²) in [7, 11) is -0.661. The number of cyclic esters (lactones) is 1. The molecule has 2 aromatic carbocycles. The monoisotopic (exact) mass is 653 g/mol. The van der Waals surface area contributed by atoms with Crippen molar-refractivity contribution in [3.05, 3.63) is 77.4 Å². The predicted octanol–water partition coefficient (Wildman–Crippen LogP) is 7.70. The molecule has 1 heterocycles. The van der Waals surface area contributed by atoms with E-state index in [1.165, 1.54) is 4.90 Å². The molecule has 0 aliphatic carbocycles. The first-order valence-electron chi connectivity index (χ1n) is 16.6. The van der Waals surface area contributed by atoms with Gasteiger partial charge in [-0.05, 0) is 66.2 Å². The molecule has 4 atom stereocenters. The first kappa shape index (κ1) is 37.5. The lowest BCUT2D eigenvalue weighted by molar-refractivity contribution is -0.138. The largest absolute Gasteiger partial charge is 0.497 e. The third-order valence-electron chi connectivity index (χ3n) is 9.17. The average Bonchev–Trinajstić information content (AvgIpc) is 3.38. The van der Waals surface area contributed by atoms with Crippen LogP contribution in [0, 0.1) is 5.92 Å². The van der Waals surface area contributed by atoms with Crippen LogP contribution in [0.4, 0.5) is 4.79 Å². The van der Waals surface area contributed by atoms with Crippen molar-refractivity contribution in [2.45, 2.75) is 110 Å². The number of ether oxygens (including phenoxy) is 3. The molecular weight excluding hydrogens is 598 g/mol. The number of rotatable bonds is 17. The van der Waals surface area contributed by atoms with Crippen molar-refractivity contribution in [3.63, 3.8) is 0 Å². The van der Waals surface area contributed by atoms with E-state index in [0.717, 1.165) is 28.9 Å². The molecule has 0 radical (unpaired) electrons. The standard InChI is InChI=1S/C37H55NO7Si/c1-9-14-29(25-43-24-28-18-20-31(42-6)21-19-28)34(45-46(7,8)37(3,4)5)23-33(39)32(15-10-2)35(40)38-30(26-44-36(38)41)22-27-16-12-11-13-17-27/h11-14,16-21,30,32-34,39H,9-10,15,22-26H2,1-8H3/b29-14+/t30-,32-,33+,34+/m0/s1. The van der Waals surface area contributed by atoms with Crippen molar-refractivity contribution in [2.75, 3.05) is 20.3 Å². The molecule has 0 aromatic heterocycles. The molecule has 0 bridgehead atoms. The van der Waals surface area contributed by atoms with Gasteiger partial charge in [0.2, 0.25) is 5.91 Å². The smallest absolute Gasteiger partial charge is 0.416 e. The number of hydrogen-bond acceptors (Lipinski definition) is 7. The van der Waals surface area contributed by atoms with Gasteiger partial charge >= 0.3 is 6.09 Å². The SMILES string of the molecule is CC/C=C(\COCc1ccc(OC)cc1)[C@@H](C[C@@H](O)[C@H](CCC)C(=O)N1C(=O)OC[C@@H]1Cc1ccccc1)O[Si](C)(C)C(C)(C)C. The minimum absolute atomic E-state index is 0.0694. The minimum atomic E-state index is -2.30. The van der Waals surface area contributed by atoms with Gasteiger partial charge in [-0.15, -0.1) is 0 Å². The molecule has 254 valence electrons. The highest BCUT2D eigenvalue weighted by molar-refractivity contribution is 6.74. The van der Waals surface area contributed by atoms with E-state index in [9.17, 15) is 14.7 Å². The summed E-state index contributed by atoms with van der Waals surface area (Å²) in [6.07, 6.45) is 2.58. The highest BCUT2D eigenvalue weighted by Crippen LogP contribution is 2.39. The number of nitrogens with zero attached hydrogens (tertiary/aromatic N) is 1. The Kier molecular flexibility index (Phi) is 14.1. The number of hydrogen-bond donors (Lipinski definition) is 1. The third-order valence-corrected chi connectivity index (χ3v) is 13.7. The Labute approximate surface area is 277 Å². The van der Waals surface area contributed by atoms with Crippen molar-refractivity contribution < 1.29 is 33.3 Å². The molecule has 46 heavy (non-hydrogen) atoms. The zero-order valence-corrected chi connectivity index (χ0v) is 30.1. The Morgan fingerprint density at radius 1 is 1.09 bits per heavy atom. The summed E-state index contributed by atoms with van der Waals surface area (Å²) in [6, 6.07) is 17.1. The van der Waals surface area contributed by atoms with Crippen LogP contribution in [0.2, 0.25) is 18.1 Å². The van der Waals surface area contributed by atoms with Gasteiger partial charge < -0.3 is 23.7 Å². The minimum Gasteiger partial charge on any atom is -0.497 e. The molecule has 2 aromatic rings. The van der Waals surface area contributed by atoms with Crippen molar-refractivity contribution in [3.8, 4) is 5.75 Å². The first-order chi connectivity index (χ1) is 21.8. The fraction of sp³-hybridized carbons (Fsp3) is 0.568. The predicted molar refractivity (Wildman–Crippen MR) is 184 cm³/mol. The first-order valence-corrected chi connectivity index (χ1v) is 19.5. The Bertz CT molecular complexity index is 1270. The van der Waals surface area contributed by atoms with Crippen LogP contribution in [0.1, 0.15) is 71.4 Å². The average molecular weight is 654 g/mol. The lowest BCUT2D eigenvalue weighted by atomic mass is 9.89. The van der Waals surface area contributed by atoms with E-state index in [2.05, 4.69) is 46.9 Å². The normalized spacial score (nSPS) is 17.8. The second-order valence-corrected chi connectivity index (χ2v) is 18.5. The Hall–Kier alpha value is -2.98. The maximum Gasteiger partial charge on any atom is 0.416 e. The third kappa shape index (κ3) is 10.3.